The highest BCUT2D eigenvalue weighted by Crippen LogP contribution is 3.01. The van der Waals surface area contributed by atoms with E-state index in [1.54, 1.807) is 0 Å². The summed E-state index contributed by atoms with van der Waals surface area (Å²) in [7, 11) is 0. The van der Waals surface area contributed by atoms with Crippen LogP contribution < -0.4 is 5.32 Å². The number of amides is 1. The molecular weight excluding hydrogens is 326 g/mol. The molecule has 7 fully saturated rings. The van der Waals surface area contributed by atoms with Crippen molar-refractivity contribution in [1.29, 1.82) is 0 Å². The number of hydrogen-bond acceptors (Lipinski definition) is 4. The smallest absolute Gasteiger partial charge is 0.407 e. The second kappa shape index (κ2) is 2.79. The molecule has 108 valence electrons. The van der Waals surface area contributed by atoms with Crippen molar-refractivity contribution < 1.29 is 19.0 Å². The average molecular weight is 342 g/mol. The molecule has 0 aromatic heterocycles. The van der Waals surface area contributed by atoms with E-state index in [-0.39, 0.29) is 16.0 Å². The summed E-state index contributed by atoms with van der Waals surface area (Å²) in [5, 5.41) is 3.18. The molecule has 1 amide bonds. The molecule has 0 aromatic carbocycles. The zero-order valence-electron chi connectivity index (χ0n) is 11.1. The van der Waals surface area contributed by atoms with Gasteiger partial charge in [-0.1, -0.05) is 15.9 Å². The van der Waals surface area contributed by atoms with Gasteiger partial charge < -0.3 is 19.5 Å². The molecule has 7 aliphatic rings. The van der Waals surface area contributed by atoms with Gasteiger partial charge in [-0.2, -0.15) is 0 Å². The molecule has 5 nitrogen and oxygen atoms in total. The number of carbonyl (C=O) groups excluding carboxylic acids is 1. The van der Waals surface area contributed by atoms with Crippen LogP contribution in [0.4, 0.5) is 4.79 Å². The maximum absolute atomic E-state index is 11.8. The molecule has 6 aliphatic carbocycles. The van der Waals surface area contributed by atoms with Crippen molar-refractivity contribution >= 4 is 22.0 Å². The fraction of sp³-hybridized carbons (Fsp3) is 0.929. The maximum atomic E-state index is 11.8. The minimum Gasteiger partial charge on any atom is -0.450 e. The van der Waals surface area contributed by atoms with Crippen LogP contribution in [0, 0.1) is 35.5 Å². The van der Waals surface area contributed by atoms with Crippen LogP contribution in [0.5, 0.6) is 0 Å². The molecule has 7 rings (SSSR count). The van der Waals surface area contributed by atoms with E-state index in [2.05, 4.69) is 21.2 Å². The average Bonchev–Trinajstić information content (AvgIpc) is 2.96. The van der Waals surface area contributed by atoms with Crippen molar-refractivity contribution in [2.45, 2.75) is 22.6 Å². The molecule has 1 aliphatic heterocycles. The Labute approximate surface area is 124 Å². The number of rotatable bonds is 2. The molecule has 6 saturated carbocycles. The van der Waals surface area contributed by atoms with Gasteiger partial charge in [0.05, 0.1) is 29.7 Å². The standard InChI is InChI=1S/C14H16BrNO4/c1-2-18-11(17)16-12-5-8-6(12)10-7(12)9(5)13(8,15)14(10)19-3-4-20-14/h5-10H,2-4H2,1H3,(H,16,17)/t5?,6-,7+,8-,9-,10?,12?,13?/m1/s1. The van der Waals surface area contributed by atoms with Crippen LogP contribution in [0.2, 0.25) is 0 Å². The van der Waals surface area contributed by atoms with Crippen LogP contribution in [0.3, 0.4) is 0 Å². The summed E-state index contributed by atoms with van der Waals surface area (Å²) < 4.78 is 17.3. The fourth-order valence-electron chi connectivity index (χ4n) is 7.21. The van der Waals surface area contributed by atoms with E-state index in [1.165, 1.54) is 0 Å². The van der Waals surface area contributed by atoms with Gasteiger partial charge in [0, 0.05) is 5.92 Å². The Balaban J connectivity index is 1.37. The predicted molar refractivity (Wildman–Crippen MR) is 70.1 cm³/mol. The Kier molecular flexibility index (Phi) is 1.57. The molecule has 6 heteroatoms. The third-order valence-electron chi connectivity index (χ3n) is 7.23. The zero-order valence-corrected chi connectivity index (χ0v) is 12.7. The second-order valence-corrected chi connectivity index (χ2v) is 8.38. The highest BCUT2D eigenvalue weighted by molar-refractivity contribution is 9.10. The second-order valence-electron chi connectivity index (χ2n) is 7.07. The Morgan fingerprint density at radius 2 is 1.80 bits per heavy atom. The molecule has 20 heavy (non-hydrogen) atoms. The highest BCUT2D eigenvalue weighted by Gasteiger charge is 3.09. The van der Waals surface area contributed by atoms with E-state index < -0.39 is 5.79 Å². The summed E-state index contributed by atoms with van der Waals surface area (Å²) in [6.45, 7) is 3.67. The summed E-state index contributed by atoms with van der Waals surface area (Å²) in [5.74, 6) is 2.94. The lowest BCUT2D eigenvalue weighted by atomic mass is 9.16. The van der Waals surface area contributed by atoms with Crippen molar-refractivity contribution in [3.8, 4) is 0 Å². The summed E-state index contributed by atoms with van der Waals surface area (Å²) in [5.41, 5.74) is 0.0162. The number of hydrogen-bond donors (Lipinski definition) is 1. The van der Waals surface area contributed by atoms with Crippen molar-refractivity contribution in [1.82, 2.24) is 5.32 Å². The van der Waals surface area contributed by atoms with Crippen LogP contribution in [-0.2, 0) is 14.2 Å². The van der Waals surface area contributed by atoms with Gasteiger partial charge in [0.1, 0.15) is 0 Å². The first-order valence-corrected chi connectivity index (χ1v) is 8.35. The molecule has 1 N–H and O–H groups in total. The normalized spacial score (nSPS) is 63.9. The van der Waals surface area contributed by atoms with Crippen molar-refractivity contribution in [2.75, 3.05) is 19.8 Å². The van der Waals surface area contributed by atoms with Crippen LogP contribution in [0.25, 0.3) is 0 Å². The third kappa shape index (κ3) is 0.669. The Bertz CT molecular complexity index is 539. The van der Waals surface area contributed by atoms with Crippen molar-refractivity contribution in [3.05, 3.63) is 0 Å². The summed E-state index contributed by atoms with van der Waals surface area (Å²) in [6.07, 6.45) is -0.255. The van der Waals surface area contributed by atoms with E-state index in [0.717, 1.165) is 0 Å². The van der Waals surface area contributed by atoms with Gasteiger partial charge in [0.15, 0.2) is 5.79 Å². The number of alkyl carbamates (subject to hydrolysis) is 1. The minimum absolute atomic E-state index is 0.0162. The molecule has 2 bridgehead atoms. The van der Waals surface area contributed by atoms with Crippen molar-refractivity contribution in [3.63, 3.8) is 0 Å². The van der Waals surface area contributed by atoms with Gasteiger partial charge in [-0.3, -0.25) is 0 Å². The van der Waals surface area contributed by atoms with E-state index in [0.29, 0.717) is 55.3 Å². The van der Waals surface area contributed by atoms with E-state index in [4.69, 9.17) is 14.2 Å². The monoisotopic (exact) mass is 341 g/mol. The number of alkyl halides is 1. The number of carbonyl (C=O) groups is 1. The fourth-order valence-corrected chi connectivity index (χ4v) is 8.84. The van der Waals surface area contributed by atoms with Crippen LogP contribution in [0.1, 0.15) is 6.92 Å². The minimum atomic E-state index is -0.398. The highest BCUT2D eigenvalue weighted by atomic mass is 79.9. The number of halogens is 1. The topological polar surface area (TPSA) is 56.8 Å². The summed E-state index contributed by atoms with van der Waals surface area (Å²) in [6, 6.07) is 0. The lowest BCUT2D eigenvalue weighted by Crippen LogP contribution is -2.99. The van der Waals surface area contributed by atoms with Gasteiger partial charge in [-0.15, -0.1) is 0 Å². The van der Waals surface area contributed by atoms with Crippen molar-refractivity contribution in [2.24, 2.45) is 35.5 Å². The van der Waals surface area contributed by atoms with Gasteiger partial charge in [0.25, 0.3) is 0 Å². The van der Waals surface area contributed by atoms with E-state index in [1.807, 2.05) is 6.92 Å². The van der Waals surface area contributed by atoms with Crippen LogP contribution in [-0.4, -0.2) is 41.6 Å². The predicted octanol–water partition coefficient (Wildman–Crippen LogP) is 1.11. The molecule has 8 atom stereocenters. The molecular formula is C14H16BrNO4. The molecule has 4 unspecified atom stereocenters. The lowest BCUT2D eigenvalue weighted by molar-refractivity contribution is -0.391. The van der Waals surface area contributed by atoms with Crippen LogP contribution in [0.15, 0.2) is 0 Å². The SMILES string of the molecule is CCOC(=O)NC12C3[C@@H]4[C@H]1C1[C@H]2[C@@H]3C4(Br)C12OCCO2. The van der Waals surface area contributed by atoms with Gasteiger partial charge in [-0.05, 0) is 36.5 Å². The molecule has 1 spiro atoms. The van der Waals surface area contributed by atoms with E-state index >= 15 is 0 Å². The summed E-state index contributed by atoms with van der Waals surface area (Å²) >= 11 is 4.00. The maximum Gasteiger partial charge on any atom is 0.407 e. The first-order chi connectivity index (χ1) is 9.64. The van der Waals surface area contributed by atoms with Gasteiger partial charge in [0.2, 0.25) is 0 Å². The molecule has 0 aromatic rings. The Morgan fingerprint density at radius 1 is 1.20 bits per heavy atom. The Morgan fingerprint density at radius 3 is 2.40 bits per heavy atom. The van der Waals surface area contributed by atoms with Crippen LogP contribution >= 0.6 is 15.9 Å². The first kappa shape index (κ1) is 11.3. The largest absolute Gasteiger partial charge is 0.450 e. The third-order valence-corrected chi connectivity index (χ3v) is 8.84. The first-order valence-electron chi connectivity index (χ1n) is 7.56. The molecule has 1 heterocycles. The zero-order chi connectivity index (χ0) is 13.5. The van der Waals surface area contributed by atoms with E-state index in [9.17, 15) is 4.79 Å². The molecule has 0 radical (unpaired) electrons. The Hall–Kier alpha value is -0.330. The van der Waals surface area contributed by atoms with Gasteiger partial charge in [-0.25, -0.2) is 4.79 Å². The van der Waals surface area contributed by atoms with Gasteiger partial charge >= 0.3 is 6.09 Å². The lowest BCUT2D eigenvalue weighted by Gasteiger charge is -2.91. The number of nitrogens with one attached hydrogen (secondary N) is 1. The quantitative estimate of drug-likeness (QED) is 0.764. The number of ether oxygens (including phenoxy) is 3. The summed E-state index contributed by atoms with van der Waals surface area (Å²) in [4.78, 5) is 11.8. The molecule has 1 saturated heterocycles.